The molecule has 1 unspecified atom stereocenters. The van der Waals surface area contributed by atoms with Gasteiger partial charge < -0.3 is 15.1 Å². The maximum absolute atomic E-state index is 4.63. The number of hydrogen-bond donors (Lipinski definition) is 1. The van der Waals surface area contributed by atoms with Gasteiger partial charge in [-0.3, -0.25) is 0 Å². The molecule has 0 amide bonds. The van der Waals surface area contributed by atoms with E-state index in [9.17, 15) is 0 Å². The Kier molecular flexibility index (Phi) is 4.99. The fourth-order valence-electron chi connectivity index (χ4n) is 2.14. The van der Waals surface area contributed by atoms with E-state index in [1.54, 1.807) is 0 Å². The molecule has 1 aromatic rings. The van der Waals surface area contributed by atoms with Crippen molar-refractivity contribution in [3.05, 3.63) is 10.7 Å². The van der Waals surface area contributed by atoms with Gasteiger partial charge in [0.25, 0.3) is 0 Å². The van der Waals surface area contributed by atoms with E-state index in [4.69, 9.17) is 0 Å². The number of likely N-dealkylation sites (N-methyl/N-ethyl adjacent to an activating group) is 1. The summed E-state index contributed by atoms with van der Waals surface area (Å²) in [6, 6.07) is 0.544. The second-order valence-corrected chi connectivity index (χ2v) is 5.92. The van der Waals surface area contributed by atoms with E-state index in [1.165, 1.54) is 0 Å². The molecular formula is C13H22BrN5. The van der Waals surface area contributed by atoms with Crippen LogP contribution < -0.4 is 10.2 Å². The van der Waals surface area contributed by atoms with Crippen molar-refractivity contribution in [1.29, 1.82) is 0 Å². The zero-order valence-corrected chi connectivity index (χ0v) is 13.4. The molecule has 1 atom stereocenters. The third-order valence-corrected chi connectivity index (χ3v) is 4.08. The highest BCUT2D eigenvalue weighted by atomic mass is 79.9. The van der Waals surface area contributed by atoms with Crippen molar-refractivity contribution in [3.63, 3.8) is 0 Å². The van der Waals surface area contributed by atoms with Crippen molar-refractivity contribution in [3.8, 4) is 0 Å². The number of nitrogens with zero attached hydrogens (tertiary/aromatic N) is 4. The standard InChI is InChI=1S/C13H22BrN5/c1-4-5-15-13-16-8-11(14)12(17-13)19-7-6-18(3)10(2)9-19/h8,10H,4-7,9H2,1-3H3,(H,15,16,17). The normalized spacial score (nSPS) is 20.6. The topological polar surface area (TPSA) is 44.3 Å². The minimum atomic E-state index is 0.544. The molecule has 1 aliphatic heterocycles. The first-order chi connectivity index (χ1) is 9.11. The summed E-state index contributed by atoms with van der Waals surface area (Å²) >= 11 is 3.56. The summed E-state index contributed by atoms with van der Waals surface area (Å²) in [5.74, 6) is 1.71. The highest BCUT2D eigenvalue weighted by molar-refractivity contribution is 9.10. The minimum Gasteiger partial charge on any atom is -0.354 e. The fourth-order valence-corrected chi connectivity index (χ4v) is 2.58. The van der Waals surface area contributed by atoms with E-state index in [0.29, 0.717) is 12.0 Å². The van der Waals surface area contributed by atoms with Crippen LogP contribution in [-0.2, 0) is 0 Å². The molecule has 19 heavy (non-hydrogen) atoms. The first-order valence-electron chi connectivity index (χ1n) is 6.83. The molecule has 0 bridgehead atoms. The van der Waals surface area contributed by atoms with Crippen LogP contribution in [0.3, 0.4) is 0 Å². The lowest BCUT2D eigenvalue weighted by atomic mass is 10.2. The van der Waals surface area contributed by atoms with Crippen molar-refractivity contribution in [1.82, 2.24) is 14.9 Å². The van der Waals surface area contributed by atoms with Crippen molar-refractivity contribution in [2.24, 2.45) is 0 Å². The predicted molar refractivity (Wildman–Crippen MR) is 82.8 cm³/mol. The van der Waals surface area contributed by atoms with Crippen LogP contribution in [0.1, 0.15) is 20.3 Å². The second-order valence-electron chi connectivity index (χ2n) is 5.07. The molecule has 2 heterocycles. The Morgan fingerprint density at radius 2 is 2.26 bits per heavy atom. The van der Waals surface area contributed by atoms with E-state index in [-0.39, 0.29) is 0 Å². The van der Waals surface area contributed by atoms with Crippen molar-refractivity contribution in [2.75, 3.05) is 43.4 Å². The maximum Gasteiger partial charge on any atom is 0.224 e. The van der Waals surface area contributed by atoms with Crippen molar-refractivity contribution in [2.45, 2.75) is 26.3 Å². The zero-order chi connectivity index (χ0) is 13.8. The van der Waals surface area contributed by atoms with Gasteiger partial charge in [0, 0.05) is 38.4 Å². The predicted octanol–water partition coefficient (Wildman–Crippen LogP) is 2.20. The Labute approximate surface area is 123 Å². The van der Waals surface area contributed by atoms with Crippen LogP contribution in [0.25, 0.3) is 0 Å². The van der Waals surface area contributed by atoms with Gasteiger partial charge in [-0.25, -0.2) is 4.98 Å². The quantitative estimate of drug-likeness (QED) is 0.918. The van der Waals surface area contributed by atoms with E-state index in [2.05, 4.69) is 61.9 Å². The third kappa shape index (κ3) is 3.57. The summed E-state index contributed by atoms with van der Waals surface area (Å²) in [4.78, 5) is 13.6. The van der Waals surface area contributed by atoms with Gasteiger partial charge in [0.05, 0.1) is 4.47 Å². The lowest BCUT2D eigenvalue weighted by molar-refractivity contribution is 0.233. The number of anilines is 2. The summed E-state index contributed by atoms with van der Waals surface area (Å²) in [6.07, 6.45) is 2.91. The second kappa shape index (κ2) is 6.52. The van der Waals surface area contributed by atoms with E-state index in [0.717, 1.165) is 42.9 Å². The summed E-state index contributed by atoms with van der Waals surface area (Å²) in [6.45, 7) is 8.35. The molecule has 1 N–H and O–H groups in total. The number of halogens is 1. The molecule has 0 radical (unpaired) electrons. The van der Waals surface area contributed by atoms with Gasteiger partial charge >= 0.3 is 0 Å². The van der Waals surface area contributed by atoms with Crippen molar-refractivity contribution >= 4 is 27.7 Å². The van der Waals surface area contributed by atoms with E-state index in [1.807, 2.05) is 6.20 Å². The maximum atomic E-state index is 4.63. The Morgan fingerprint density at radius 3 is 2.95 bits per heavy atom. The van der Waals surface area contributed by atoms with Crippen LogP contribution in [0, 0.1) is 0 Å². The van der Waals surface area contributed by atoms with Crippen LogP contribution in [0.5, 0.6) is 0 Å². The van der Waals surface area contributed by atoms with Crippen LogP contribution in [0.15, 0.2) is 10.7 Å². The van der Waals surface area contributed by atoms with Crippen LogP contribution >= 0.6 is 15.9 Å². The van der Waals surface area contributed by atoms with Gasteiger partial charge in [0.2, 0.25) is 5.95 Å². The molecule has 0 aromatic carbocycles. The first kappa shape index (κ1) is 14.5. The highest BCUT2D eigenvalue weighted by Crippen LogP contribution is 2.26. The number of piperazine rings is 1. The van der Waals surface area contributed by atoms with E-state index >= 15 is 0 Å². The molecule has 6 heteroatoms. The largest absolute Gasteiger partial charge is 0.354 e. The summed E-state index contributed by atoms with van der Waals surface area (Å²) in [5, 5.41) is 3.24. The Morgan fingerprint density at radius 1 is 1.47 bits per heavy atom. The van der Waals surface area contributed by atoms with Gasteiger partial charge in [-0.2, -0.15) is 4.98 Å². The minimum absolute atomic E-state index is 0.544. The average molecular weight is 328 g/mol. The molecule has 0 aliphatic carbocycles. The molecule has 0 saturated carbocycles. The summed E-state index contributed by atoms with van der Waals surface area (Å²) in [7, 11) is 2.17. The average Bonchev–Trinajstić information content (AvgIpc) is 2.41. The highest BCUT2D eigenvalue weighted by Gasteiger charge is 2.23. The molecule has 1 aliphatic rings. The third-order valence-electron chi connectivity index (χ3n) is 3.52. The van der Waals surface area contributed by atoms with Gasteiger partial charge in [-0.15, -0.1) is 0 Å². The first-order valence-corrected chi connectivity index (χ1v) is 7.62. The lowest BCUT2D eigenvalue weighted by Crippen LogP contribution is -2.50. The number of aromatic nitrogens is 2. The lowest BCUT2D eigenvalue weighted by Gasteiger charge is -2.38. The van der Waals surface area contributed by atoms with E-state index < -0.39 is 0 Å². The fraction of sp³-hybridized carbons (Fsp3) is 0.692. The monoisotopic (exact) mass is 327 g/mol. The molecule has 1 saturated heterocycles. The number of hydrogen-bond acceptors (Lipinski definition) is 5. The zero-order valence-electron chi connectivity index (χ0n) is 11.9. The molecular weight excluding hydrogens is 306 g/mol. The molecule has 0 spiro atoms. The Hall–Kier alpha value is -0.880. The van der Waals surface area contributed by atoms with Crippen molar-refractivity contribution < 1.29 is 0 Å². The number of nitrogens with one attached hydrogen (secondary N) is 1. The smallest absolute Gasteiger partial charge is 0.224 e. The van der Waals surface area contributed by atoms with Gasteiger partial charge in [0.1, 0.15) is 5.82 Å². The number of rotatable bonds is 4. The van der Waals surface area contributed by atoms with Gasteiger partial charge in [-0.1, -0.05) is 6.92 Å². The molecule has 1 aromatic heterocycles. The Bertz CT molecular complexity index is 425. The molecule has 106 valence electrons. The van der Waals surface area contributed by atoms with Gasteiger partial charge in [-0.05, 0) is 36.3 Å². The summed E-state index contributed by atoms with van der Waals surface area (Å²) in [5.41, 5.74) is 0. The SMILES string of the molecule is CCCNc1ncc(Br)c(N2CCN(C)C(C)C2)n1. The Balaban J connectivity index is 2.14. The molecule has 5 nitrogen and oxygen atoms in total. The van der Waals surface area contributed by atoms with Crippen LogP contribution in [-0.4, -0.2) is 54.1 Å². The van der Waals surface area contributed by atoms with Gasteiger partial charge in [0.15, 0.2) is 0 Å². The molecule has 1 fully saturated rings. The van der Waals surface area contributed by atoms with Crippen LogP contribution in [0.2, 0.25) is 0 Å². The molecule has 2 rings (SSSR count). The summed E-state index contributed by atoms with van der Waals surface area (Å²) < 4.78 is 0.964. The van der Waals surface area contributed by atoms with Crippen LogP contribution in [0.4, 0.5) is 11.8 Å².